The minimum atomic E-state index is -0.633. The van der Waals surface area contributed by atoms with Gasteiger partial charge in [-0.2, -0.15) is 0 Å². The van der Waals surface area contributed by atoms with Crippen molar-refractivity contribution < 1.29 is 19.2 Å². The zero-order valence-electron chi connectivity index (χ0n) is 11.1. The summed E-state index contributed by atoms with van der Waals surface area (Å²) in [5.74, 6) is 0.0934. The minimum absolute atomic E-state index is 0.0150. The molecule has 110 valence electrons. The van der Waals surface area contributed by atoms with Gasteiger partial charge in [0.25, 0.3) is 5.69 Å². The van der Waals surface area contributed by atoms with Crippen LogP contribution in [0.2, 0.25) is 0 Å². The number of nitro benzene ring substituents is 1. The highest BCUT2D eigenvalue weighted by Crippen LogP contribution is 2.15. The molecular formula is C14H14N2O5. The standard InChI is InChI=1S/C14H14N2O5/c17-9-12(13-5-2-6-21-13)15-14(18)8-10-3-1-4-11(7-10)16(19)20/h1-7,12,17H,8-9H2,(H,15,18). The summed E-state index contributed by atoms with van der Waals surface area (Å²) in [6.45, 7) is -0.297. The molecule has 0 aliphatic rings. The number of carbonyl (C=O) groups excluding carboxylic acids is 1. The molecule has 0 fully saturated rings. The molecule has 1 heterocycles. The van der Waals surface area contributed by atoms with E-state index in [-0.39, 0.29) is 24.6 Å². The number of non-ortho nitro benzene ring substituents is 1. The Morgan fingerprint density at radius 2 is 2.19 bits per heavy atom. The molecule has 0 spiro atoms. The molecule has 1 atom stereocenters. The van der Waals surface area contributed by atoms with Crippen LogP contribution in [0.4, 0.5) is 5.69 Å². The lowest BCUT2D eigenvalue weighted by Crippen LogP contribution is -2.31. The third-order valence-corrected chi connectivity index (χ3v) is 2.89. The summed E-state index contributed by atoms with van der Waals surface area (Å²) in [7, 11) is 0. The first-order chi connectivity index (χ1) is 10.1. The maximum absolute atomic E-state index is 11.9. The third kappa shape index (κ3) is 3.90. The van der Waals surface area contributed by atoms with Gasteiger partial charge in [-0.1, -0.05) is 12.1 Å². The molecule has 1 unspecified atom stereocenters. The van der Waals surface area contributed by atoms with Crippen molar-refractivity contribution in [2.24, 2.45) is 0 Å². The number of nitrogens with one attached hydrogen (secondary N) is 1. The van der Waals surface area contributed by atoms with Crippen molar-refractivity contribution in [1.82, 2.24) is 5.32 Å². The SMILES string of the molecule is O=C(Cc1cccc([N+](=O)[O-])c1)NC(CO)c1ccco1. The second-order valence-corrected chi connectivity index (χ2v) is 4.42. The molecule has 1 amide bonds. The number of benzene rings is 1. The van der Waals surface area contributed by atoms with Gasteiger partial charge in [-0.3, -0.25) is 14.9 Å². The number of hydrogen-bond donors (Lipinski definition) is 2. The van der Waals surface area contributed by atoms with Crippen LogP contribution in [0.15, 0.2) is 47.1 Å². The second kappa shape index (κ2) is 6.67. The lowest BCUT2D eigenvalue weighted by molar-refractivity contribution is -0.384. The fraction of sp³-hybridized carbons (Fsp3) is 0.214. The zero-order chi connectivity index (χ0) is 15.2. The van der Waals surface area contributed by atoms with Crippen molar-refractivity contribution in [2.45, 2.75) is 12.5 Å². The Hall–Kier alpha value is -2.67. The van der Waals surface area contributed by atoms with Crippen LogP contribution in [0.25, 0.3) is 0 Å². The molecule has 2 N–H and O–H groups in total. The number of amides is 1. The van der Waals surface area contributed by atoms with Crippen molar-refractivity contribution in [3.05, 3.63) is 64.1 Å². The van der Waals surface area contributed by atoms with Crippen molar-refractivity contribution in [3.8, 4) is 0 Å². The number of nitro groups is 1. The van der Waals surface area contributed by atoms with Gasteiger partial charge in [0.15, 0.2) is 0 Å². The van der Waals surface area contributed by atoms with E-state index < -0.39 is 11.0 Å². The number of hydrogen-bond acceptors (Lipinski definition) is 5. The molecule has 2 rings (SSSR count). The van der Waals surface area contributed by atoms with Crippen LogP contribution in [-0.2, 0) is 11.2 Å². The Labute approximate surface area is 120 Å². The van der Waals surface area contributed by atoms with E-state index >= 15 is 0 Å². The Morgan fingerprint density at radius 3 is 2.81 bits per heavy atom. The highest BCUT2D eigenvalue weighted by atomic mass is 16.6. The summed E-state index contributed by atoms with van der Waals surface area (Å²) >= 11 is 0. The van der Waals surface area contributed by atoms with Gasteiger partial charge in [0.2, 0.25) is 5.91 Å². The number of nitrogens with zero attached hydrogens (tertiary/aromatic N) is 1. The first kappa shape index (κ1) is 14.7. The maximum Gasteiger partial charge on any atom is 0.269 e. The van der Waals surface area contributed by atoms with Gasteiger partial charge in [-0.15, -0.1) is 0 Å². The van der Waals surface area contributed by atoms with Gasteiger partial charge >= 0.3 is 0 Å². The molecule has 7 nitrogen and oxygen atoms in total. The van der Waals surface area contributed by atoms with E-state index in [1.165, 1.54) is 24.5 Å². The number of rotatable bonds is 6. The van der Waals surface area contributed by atoms with Crippen molar-refractivity contribution in [3.63, 3.8) is 0 Å². The summed E-state index contributed by atoms with van der Waals surface area (Å²) in [6, 6.07) is 8.54. The van der Waals surface area contributed by atoms with Crippen LogP contribution in [-0.4, -0.2) is 22.5 Å². The van der Waals surface area contributed by atoms with Gasteiger partial charge in [0, 0.05) is 12.1 Å². The predicted octanol–water partition coefficient (Wildman–Crippen LogP) is 1.58. The molecule has 0 saturated heterocycles. The molecule has 0 aliphatic heterocycles. The molecule has 0 saturated carbocycles. The maximum atomic E-state index is 11.9. The van der Waals surface area contributed by atoms with Gasteiger partial charge < -0.3 is 14.8 Å². The van der Waals surface area contributed by atoms with Crippen LogP contribution in [0.3, 0.4) is 0 Å². The first-order valence-electron chi connectivity index (χ1n) is 6.27. The quantitative estimate of drug-likeness (QED) is 0.620. The number of aliphatic hydroxyl groups is 1. The van der Waals surface area contributed by atoms with Crippen molar-refractivity contribution in [1.29, 1.82) is 0 Å². The van der Waals surface area contributed by atoms with Crippen LogP contribution in [0, 0.1) is 10.1 Å². The van der Waals surface area contributed by atoms with Crippen LogP contribution >= 0.6 is 0 Å². The number of furan rings is 1. The van der Waals surface area contributed by atoms with E-state index in [2.05, 4.69) is 5.32 Å². The van der Waals surface area contributed by atoms with Gasteiger partial charge in [0.05, 0.1) is 24.2 Å². The molecule has 0 bridgehead atoms. The average molecular weight is 290 g/mol. The highest BCUT2D eigenvalue weighted by molar-refractivity contribution is 5.79. The Morgan fingerprint density at radius 1 is 1.38 bits per heavy atom. The molecule has 1 aromatic carbocycles. The van der Waals surface area contributed by atoms with E-state index in [1.54, 1.807) is 18.2 Å². The normalized spacial score (nSPS) is 11.9. The minimum Gasteiger partial charge on any atom is -0.467 e. The van der Waals surface area contributed by atoms with Crippen LogP contribution in [0.1, 0.15) is 17.4 Å². The van der Waals surface area contributed by atoms with E-state index in [9.17, 15) is 20.0 Å². The highest BCUT2D eigenvalue weighted by Gasteiger charge is 2.17. The Balaban J connectivity index is 2.01. The zero-order valence-corrected chi connectivity index (χ0v) is 11.1. The summed E-state index contributed by atoms with van der Waals surface area (Å²) in [5, 5.41) is 22.6. The Bertz CT molecular complexity index is 624. The summed E-state index contributed by atoms with van der Waals surface area (Å²) in [5.41, 5.74) is 0.461. The lowest BCUT2D eigenvalue weighted by atomic mass is 10.1. The first-order valence-corrected chi connectivity index (χ1v) is 6.27. The molecular weight excluding hydrogens is 276 g/mol. The van der Waals surface area contributed by atoms with E-state index in [4.69, 9.17) is 4.42 Å². The molecule has 1 aromatic heterocycles. The fourth-order valence-electron chi connectivity index (χ4n) is 1.91. The summed E-state index contributed by atoms with van der Waals surface area (Å²) in [6.07, 6.45) is 1.43. The van der Waals surface area contributed by atoms with Crippen molar-refractivity contribution >= 4 is 11.6 Å². The van der Waals surface area contributed by atoms with Crippen LogP contribution in [0.5, 0.6) is 0 Å². The molecule has 7 heteroatoms. The smallest absolute Gasteiger partial charge is 0.269 e. The molecule has 0 radical (unpaired) electrons. The number of aliphatic hydroxyl groups excluding tert-OH is 1. The van der Waals surface area contributed by atoms with Gasteiger partial charge in [-0.05, 0) is 17.7 Å². The topological polar surface area (TPSA) is 106 Å². The summed E-state index contributed by atoms with van der Waals surface area (Å²) in [4.78, 5) is 22.1. The van der Waals surface area contributed by atoms with Crippen molar-refractivity contribution in [2.75, 3.05) is 6.61 Å². The molecule has 21 heavy (non-hydrogen) atoms. The third-order valence-electron chi connectivity index (χ3n) is 2.89. The fourth-order valence-corrected chi connectivity index (χ4v) is 1.91. The predicted molar refractivity (Wildman–Crippen MR) is 73.5 cm³/mol. The molecule has 2 aromatic rings. The van der Waals surface area contributed by atoms with E-state index in [0.717, 1.165) is 0 Å². The van der Waals surface area contributed by atoms with E-state index in [0.29, 0.717) is 11.3 Å². The second-order valence-electron chi connectivity index (χ2n) is 4.42. The van der Waals surface area contributed by atoms with E-state index in [1.807, 2.05) is 0 Å². The van der Waals surface area contributed by atoms with Gasteiger partial charge in [0.1, 0.15) is 11.8 Å². The average Bonchev–Trinajstić information content (AvgIpc) is 2.99. The Kier molecular flexibility index (Phi) is 4.68. The summed E-state index contributed by atoms with van der Waals surface area (Å²) < 4.78 is 5.12. The molecule has 0 aliphatic carbocycles. The van der Waals surface area contributed by atoms with Gasteiger partial charge in [-0.25, -0.2) is 0 Å². The lowest BCUT2D eigenvalue weighted by Gasteiger charge is -2.13. The largest absolute Gasteiger partial charge is 0.467 e. The number of carbonyl (C=O) groups is 1. The monoisotopic (exact) mass is 290 g/mol. The van der Waals surface area contributed by atoms with Crippen LogP contribution < -0.4 is 5.32 Å².